The Labute approximate surface area is 161 Å². The molecule has 0 radical (unpaired) electrons. The summed E-state index contributed by atoms with van der Waals surface area (Å²) in [7, 11) is 0. The summed E-state index contributed by atoms with van der Waals surface area (Å²) in [6.07, 6.45) is -5.80. The summed E-state index contributed by atoms with van der Waals surface area (Å²) in [4.78, 5) is 0. The summed E-state index contributed by atoms with van der Waals surface area (Å²) in [5.74, 6) is 0.230. The number of hydrogen-bond acceptors (Lipinski definition) is 8. The van der Waals surface area contributed by atoms with Gasteiger partial charge in [0.1, 0.15) is 35.9 Å². The number of ether oxygens (including phenoxy) is 4. The number of benzene rings is 2. The van der Waals surface area contributed by atoms with Gasteiger partial charge >= 0.3 is 0 Å². The summed E-state index contributed by atoms with van der Waals surface area (Å²) in [5.41, 5.74) is 1.31. The Balaban J connectivity index is 1.58. The fourth-order valence-electron chi connectivity index (χ4n) is 3.25. The molecule has 0 aromatic heterocycles. The van der Waals surface area contributed by atoms with Crippen molar-refractivity contribution in [2.24, 2.45) is 0 Å². The lowest BCUT2D eigenvalue weighted by Crippen LogP contribution is -2.45. The van der Waals surface area contributed by atoms with Gasteiger partial charge in [0.2, 0.25) is 0 Å². The number of rotatable bonds is 2. The van der Waals surface area contributed by atoms with E-state index in [0.717, 1.165) is 0 Å². The second-order valence-electron chi connectivity index (χ2n) is 6.84. The van der Waals surface area contributed by atoms with Gasteiger partial charge in [-0.05, 0) is 24.3 Å². The van der Waals surface area contributed by atoms with Crippen LogP contribution >= 0.6 is 0 Å². The van der Waals surface area contributed by atoms with E-state index in [9.17, 15) is 20.4 Å². The maximum Gasteiger partial charge on any atom is 0.184 e. The molecule has 0 amide bonds. The highest BCUT2D eigenvalue weighted by Crippen LogP contribution is 2.34. The molecule has 8 nitrogen and oxygen atoms in total. The van der Waals surface area contributed by atoms with Crippen molar-refractivity contribution in [1.82, 2.24) is 0 Å². The van der Waals surface area contributed by atoms with Gasteiger partial charge in [-0.1, -0.05) is 24.3 Å². The van der Waals surface area contributed by atoms with Crippen molar-refractivity contribution in [2.75, 3.05) is 13.2 Å². The zero-order valence-corrected chi connectivity index (χ0v) is 14.9. The Hall–Kier alpha value is -2.20. The highest BCUT2D eigenvalue weighted by molar-refractivity contribution is 5.27. The molecule has 150 valence electrons. The van der Waals surface area contributed by atoms with Crippen LogP contribution in [-0.2, 0) is 18.9 Å². The Morgan fingerprint density at radius 1 is 0.607 bits per heavy atom. The molecule has 0 spiro atoms. The first-order valence-corrected chi connectivity index (χ1v) is 8.99. The summed E-state index contributed by atoms with van der Waals surface area (Å²) < 4.78 is 23.4. The predicted octanol–water partition coefficient (Wildman–Crippen LogP) is 1.35. The van der Waals surface area contributed by atoms with Crippen molar-refractivity contribution in [1.29, 1.82) is 0 Å². The standard InChI is InChI=1S/C20H22O8/c21-13-5-1-11(2-6-13)19-25-9-15-17(23)18(24)16(10-26-19)28-20(27-15)12-3-7-14(22)8-4-12/h1-8,15-24H,9-10H2/t15-,16+,17-,18-,19?,20?/m1/s1. The van der Waals surface area contributed by atoms with Crippen LogP contribution in [0.1, 0.15) is 23.7 Å². The lowest BCUT2D eigenvalue weighted by atomic mass is 10.0. The number of hydrogen-bond donors (Lipinski definition) is 4. The zero-order valence-electron chi connectivity index (χ0n) is 14.9. The van der Waals surface area contributed by atoms with Gasteiger partial charge in [0.05, 0.1) is 13.2 Å². The van der Waals surface area contributed by atoms with E-state index in [2.05, 4.69) is 0 Å². The molecule has 2 heterocycles. The van der Waals surface area contributed by atoms with Gasteiger partial charge < -0.3 is 39.4 Å². The van der Waals surface area contributed by atoms with Crippen LogP contribution in [0.25, 0.3) is 0 Å². The van der Waals surface area contributed by atoms with Gasteiger partial charge in [0.25, 0.3) is 0 Å². The topological polar surface area (TPSA) is 118 Å². The van der Waals surface area contributed by atoms with E-state index in [4.69, 9.17) is 18.9 Å². The average molecular weight is 390 g/mol. The van der Waals surface area contributed by atoms with Crippen LogP contribution in [0.2, 0.25) is 0 Å². The van der Waals surface area contributed by atoms with E-state index in [1.807, 2.05) is 0 Å². The minimum Gasteiger partial charge on any atom is -0.508 e. The summed E-state index contributed by atoms with van der Waals surface area (Å²) in [6, 6.07) is 12.7. The van der Waals surface area contributed by atoms with Crippen molar-refractivity contribution < 1.29 is 39.4 Å². The van der Waals surface area contributed by atoms with Gasteiger partial charge in [0, 0.05) is 11.1 Å². The van der Waals surface area contributed by atoms with Crippen LogP contribution < -0.4 is 0 Å². The second kappa shape index (κ2) is 8.04. The smallest absolute Gasteiger partial charge is 0.184 e. The Kier molecular flexibility index (Phi) is 5.49. The van der Waals surface area contributed by atoms with E-state index in [1.54, 1.807) is 24.3 Å². The Morgan fingerprint density at radius 2 is 1.00 bits per heavy atom. The first kappa shape index (κ1) is 19.1. The molecule has 2 aromatic rings. The lowest BCUT2D eigenvalue weighted by Gasteiger charge is -2.28. The molecule has 6 atom stereocenters. The number of aromatic hydroxyl groups is 2. The number of aliphatic hydroxyl groups excluding tert-OH is 2. The van der Waals surface area contributed by atoms with Crippen LogP contribution in [0, 0.1) is 0 Å². The minimum absolute atomic E-state index is 0.0472. The number of fused-ring (bicyclic) bond motifs is 3. The summed E-state index contributed by atoms with van der Waals surface area (Å²) in [5, 5.41) is 40.0. The molecule has 2 aromatic carbocycles. The minimum atomic E-state index is -1.23. The van der Waals surface area contributed by atoms with Crippen molar-refractivity contribution in [2.45, 2.75) is 37.0 Å². The summed E-state index contributed by atoms with van der Waals surface area (Å²) in [6.45, 7) is -0.0944. The number of phenolic OH excluding ortho intramolecular Hbond substituents is 2. The van der Waals surface area contributed by atoms with Crippen molar-refractivity contribution >= 4 is 0 Å². The fourth-order valence-corrected chi connectivity index (χ4v) is 3.25. The molecule has 2 bridgehead atoms. The normalized spacial score (nSPS) is 33.5. The highest BCUT2D eigenvalue weighted by atomic mass is 16.7. The van der Waals surface area contributed by atoms with Gasteiger partial charge in [-0.25, -0.2) is 0 Å². The molecule has 2 saturated heterocycles. The van der Waals surface area contributed by atoms with Crippen LogP contribution in [0.4, 0.5) is 0 Å². The molecule has 2 fully saturated rings. The quantitative estimate of drug-likeness (QED) is 0.607. The molecule has 2 unspecified atom stereocenters. The zero-order chi connectivity index (χ0) is 19.7. The lowest BCUT2D eigenvalue weighted by molar-refractivity contribution is -0.252. The van der Waals surface area contributed by atoms with Gasteiger partial charge in [-0.2, -0.15) is 0 Å². The van der Waals surface area contributed by atoms with Gasteiger partial charge in [0.15, 0.2) is 12.6 Å². The van der Waals surface area contributed by atoms with E-state index < -0.39 is 37.0 Å². The fraction of sp³-hybridized carbons (Fsp3) is 0.400. The third kappa shape index (κ3) is 3.97. The summed E-state index contributed by atoms with van der Waals surface area (Å²) >= 11 is 0. The van der Waals surface area contributed by atoms with Gasteiger partial charge in [-0.3, -0.25) is 0 Å². The van der Waals surface area contributed by atoms with Crippen LogP contribution in [0.15, 0.2) is 48.5 Å². The molecular weight excluding hydrogens is 368 g/mol. The molecular formula is C20H22O8. The molecule has 28 heavy (non-hydrogen) atoms. The van der Waals surface area contributed by atoms with Crippen molar-refractivity contribution in [3.63, 3.8) is 0 Å². The van der Waals surface area contributed by atoms with Crippen LogP contribution in [0.5, 0.6) is 11.5 Å². The molecule has 4 rings (SSSR count). The molecule has 4 N–H and O–H groups in total. The second-order valence-corrected chi connectivity index (χ2v) is 6.84. The highest BCUT2D eigenvalue weighted by Gasteiger charge is 2.42. The molecule has 8 heteroatoms. The first-order valence-electron chi connectivity index (χ1n) is 8.99. The molecule has 0 aliphatic carbocycles. The number of phenols is 2. The van der Waals surface area contributed by atoms with E-state index in [1.165, 1.54) is 24.3 Å². The Bertz CT molecular complexity index is 756. The van der Waals surface area contributed by atoms with Crippen LogP contribution in [-0.4, -0.2) is 58.1 Å². The third-order valence-electron chi connectivity index (χ3n) is 4.86. The third-order valence-corrected chi connectivity index (χ3v) is 4.86. The van der Waals surface area contributed by atoms with Crippen molar-refractivity contribution in [3.05, 3.63) is 59.7 Å². The molecule has 0 saturated carbocycles. The molecule has 2 aliphatic heterocycles. The van der Waals surface area contributed by atoms with E-state index >= 15 is 0 Å². The van der Waals surface area contributed by atoms with E-state index in [0.29, 0.717) is 11.1 Å². The maximum atomic E-state index is 10.5. The number of aliphatic hydroxyl groups is 2. The predicted molar refractivity (Wildman–Crippen MR) is 95.4 cm³/mol. The average Bonchev–Trinajstić information content (AvgIpc) is 2.78. The first-order chi connectivity index (χ1) is 13.5. The van der Waals surface area contributed by atoms with Crippen LogP contribution in [0.3, 0.4) is 0 Å². The van der Waals surface area contributed by atoms with E-state index in [-0.39, 0.29) is 24.7 Å². The largest absolute Gasteiger partial charge is 0.508 e. The Morgan fingerprint density at radius 3 is 1.43 bits per heavy atom. The monoisotopic (exact) mass is 390 g/mol. The maximum absolute atomic E-state index is 10.5. The SMILES string of the molecule is Oc1ccc(C2OC[C@@H]3OC(c4ccc(O)cc4)O[C@H](CO2)[C@@H](O)[C@@H]3O)cc1. The van der Waals surface area contributed by atoms with Gasteiger partial charge in [-0.15, -0.1) is 0 Å². The molecule has 2 aliphatic rings. The van der Waals surface area contributed by atoms with Crippen molar-refractivity contribution in [3.8, 4) is 11.5 Å².